The van der Waals surface area contributed by atoms with Gasteiger partial charge in [0.2, 0.25) is 0 Å². The smallest absolute Gasteiger partial charge is 0.346 e. The number of carbonyl (C=O) groups is 1. The summed E-state index contributed by atoms with van der Waals surface area (Å²) in [5.41, 5.74) is 2.02. The number of hydrogen-bond donors (Lipinski definition) is 2. The van der Waals surface area contributed by atoms with E-state index in [0.717, 1.165) is 29.1 Å². The second-order valence-electron chi connectivity index (χ2n) is 7.41. The molecule has 0 aliphatic carbocycles. The molecule has 160 valence electrons. The molecule has 1 amide bonds. The molecule has 0 saturated carbocycles. The van der Waals surface area contributed by atoms with E-state index in [-0.39, 0.29) is 5.91 Å². The lowest BCUT2D eigenvalue weighted by Gasteiger charge is -2.44. The highest BCUT2D eigenvalue weighted by Gasteiger charge is 2.56. The topological polar surface area (TPSA) is 80.9 Å². The van der Waals surface area contributed by atoms with Gasteiger partial charge in [0, 0.05) is 24.4 Å². The molecular formula is C22H27N3O4S. The van der Waals surface area contributed by atoms with Crippen LogP contribution in [0.4, 0.5) is 5.69 Å². The molecule has 1 saturated heterocycles. The summed E-state index contributed by atoms with van der Waals surface area (Å²) >= 11 is 1.58. The molecular weight excluding hydrogens is 402 g/mol. The summed E-state index contributed by atoms with van der Waals surface area (Å²) in [5.74, 6) is -1.99. The number of rotatable bonds is 8. The molecule has 0 aromatic heterocycles. The lowest BCUT2D eigenvalue weighted by Crippen LogP contribution is -2.60. The Hall–Kier alpha value is -2.10. The molecule has 0 radical (unpaired) electrons. The minimum absolute atomic E-state index is 0.194. The molecule has 0 bridgehead atoms. The van der Waals surface area contributed by atoms with Crippen molar-refractivity contribution in [2.45, 2.75) is 49.8 Å². The molecule has 2 atom stereocenters. The third-order valence-electron chi connectivity index (χ3n) is 5.26. The van der Waals surface area contributed by atoms with Crippen LogP contribution in [0.15, 0.2) is 59.5 Å². The minimum atomic E-state index is -1.79. The summed E-state index contributed by atoms with van der Waals surface area (Å²) in [6.07, 6.45) is 0.791. The Bertz CT molecular complexity index is 878. The number of nitrogens with one attached hydrogen (secondary N) is 1. The largest absolute Gasteiger partial charge is 0.358 e. The molecule has 2 aliphatic rings. The van der Waals surface area contributed by atoms with Crippen LogP contribution in [0.5, 0.6) is 0 Å². The first-order valence-corrected chi connectivity index (χ1v) is 11.1. The Morgan fingerprint density at radius 3 is 2.53 bits per heavy atom. The maximum atomic E-state index is 13.5. The van der Waals surface area contributed by atoms with Crippen LogP contribution in [-0.2, 0) is 21.0 Å². The predicted molar refractivity (Wildman–Crippen MR) is 115 cm³/mol. The van der Waals surface area contributed by atoms with E-state index in [0.29, 0.717) is 13.0 Å². The van der Waals surface area contributed by atoms with Crippen molar-refractivity contribution in [1.29, 1.82) is 0 Å². The Morgan fingerprint density at radius 2 is 1.87 bits per heavy atom. The zero-order valence-electron chi connectivity index (χ0n) is 17.2. The number of nitrogens with zero attached hydrogens (tertiary/aromatic N) is 2. The highest BCUT2D eigenvalue weighted by molar-refractivity contribution is 7.97. The Balaban J connectivity index is 1.59. The van der Waals surface area contributed by atoms with Gasteiger partial charge in [0.1, 0.15) is 6.04 Å². The predicted octanol–water partition coefficient (Wildman–Crippen LogP) is 2.91. The van der Waals surface area contributed by atoms with E-state index < -0.39 is 18.2 Å². The van der Waals surface area contributed by atoms with E-state index in [4.69, 9.17) is 9.78 Å². The van der Waals surface area contributed by atoms with Crippen LogP contribution in [0.25, 0.3) is 0 Å². The van der Waals surface area contributed by atoms with E-state index in [9.17, 15) is 9.90 Å². The van der Waals surface area contributed by atoms with Gasteiger partial charge < -0.3 is 15.3 Å². The first kappa shape index (κ1) is 21.1. The third kappa shape index (κ3) is 4.33. The minimum Gasteiger partial charge on any atom is -0.346 e. The molecule has 4 rings (SSSR count). The van der Waals surface area contributed by atoms with E-state index in [1.165, 1.54) is 0 Å². The summed E-state index contributed by atoms with van der Waals surface area (Å²) in [4.78, 5) is 26.4. The van der Waals surface area contributed by atoms with E-state index in [1.54, 1.807) is 11.9 Å². The SMILES string of the molecule is CCCN1c2ccccc2SN(CC)C1C(=O)N[C@@H](Cc1ccccc1)C1(O)OO1. The first-order chi connectivity index (χ1) is 14.6. The van der Waals surface area contributed by atoms with Crippen LogP contribution < -0.4 is 10.2 Å². The second kappa shape index (κ2) is 8.95. The molecule has 1 fully saturated rings. The van der Waals surface area contributed by atoms with Crippen LogP contribution >= 0.6 is 11.9 Å². The highest BCUT2D eigenvalue weighted by Crippen LogP contribution is 2.41. The summed E-state index contributed by atoms with van der Waals surface area (Å²) in [6, 6.07) is 17.1. The Kier molecular flexibility index (Phi) is 6.31. The summed E-state index contributed by atoms with van der Waals surface area (Å²) in [6.45, 7) is 5.57. The maximum Gasteiger partial charge on any atom is 0.358 e. The molecule has 2 N–H and O–H groups in total. The van der Waals surface area contributed by atoms with Crippen LogP contribution in [0, 0.1) is 0 Å². The number of likely N-dealkylation sites (N-methyl/N-ethyl adjacent to an activating group) is 1. The molecule has 2 aromatic carbocycles. The first-order valence-electron chi connectivity index (χ1n) is 10.3. The van der Waals surface area contributed by atoms with E-state index in [1.807, 2.05) is 55.5 Å². The monoisotopic (exact) mass is 429 g/mol. The molecule has 7 nitrogen and oxygen atoms in total. The van der Waals surface area contributed by atoms with Gasteiger partial charge in [0.05, 0.1) is 5.69 Å². The van der Waals surface area contributed by atoms with E-state index in [2.05, 4.69) is 27.5 Å². The average Bonchev–Trinajstić information content (AvgIpc) is 3.52. The zero-order valence-corrected chi connectivity index (χ0v) is 18.0. The molecule has 1 unspecified atom stereocenters. The number of hydrogen-bond acceptors (Lipinski definition) is 7. The average molecular weight is 430 g/mol. The highest BCUT2D eigenvalue weighted by atomic mass is 32.2. The summed E-state index contributed by atoms with van der Waals surface area (Å²) < 4.78 is 2.06. The standard InChI is InChI=1S/C22H27N3O4S/c1-3-14-24-17-12-8-9-13-18(17)30-25(4-2)21(24)20(26)23-19(22(27)28-29-22)15-16-10-6-5-7-11-16/h5-13,19,21,27H,3-4,14-15H2,1-2H3,(H,23,26)/t19-,21?/m0/s1. The van der Waals surface area contributed by atoms with Gasteiger partial charge in [-0.1, -0.05) is 56.3 Å². The van der Waals surface area contributed by atoms with Gasteiger partial charge in [-0.3, -0.25) is 4.79 Å². The van der Waals surface area contributed by atoms with Crippen LogP contribution in [-0.4, -0.2) is 46.6 Å². The third-order valence-corrected chi connectivity index (χ3v) is 6.50. The van der Waals surface area contributed by atoms with Gasteiger partial charge in [0.15, 0.2) is 6.17 Å². The number of anilines is 1. The Morgan fingerprint density at radius 1 is 1.17 bits per heavy atom. The second-order valence-corrected chi connectivity index (χ2v) is 8.50. The number of carbonyl (C=O) groups excluding carboxylic acids is 1. The lowest BCUT2D eigenvalue weighted by molar-refractivity contribution is -0.128. The van der Waals surface area contributed by atoms with Crippen molar-refractivity contribution in [3.63, 3.8) is 0 Å². The van der Waals surface area contributed by atoms with E-state index >= 15 is 0 Å². The van der Waals surface area contributed by atoms with Gasteiger partial charge in [-0.05, 0) is 36.1 Å². The maximum absolute atomic E-state index is 13.5. The molecule has 0 spiro atoms. The fourth-order valence-corrected chi connectivity index (χ4v) is 4.86. The number of para-hydroxylation sites is 1. The number of fused-ring (bicyclic) bond motifs is 1. The van der Waals surface area contributed by atoms with Crippen molar-refractivity contribution in [3.8, 4) is 0 Å². The van der Waals surface area contributed by atoms with Crippen LogP contribution in [0.1, 0.15) is 25.8 Å². The lowest BCUT2D eigenvalue weighted by atomic mass is 10.0. The number of aliphatic hydroxyl groups is 1. The van der Waals surface area contributed by atoms with Gasteiger partial charge in [-0.15, -0.1) is 0 Å². The normalized spacial score (nSPS) is 21.0. The van der Waals surface area contributed by atoms with Gasteiger partial charge in [-0.25, -0.2) is 4.31 Å². The number of benzene rings is 2. The molecule has 2 aliphatic heterocycles. The van der Waals surface area contributed by atoms with Crippen LogP contribution in [0.3, 0.4) is 0 Å². The molecule has 8 heteroatoms. The molecule has 2 heterocycles. The van der Waals surface area contributed by atoms with Gasteiger partial charge in [-0.2, -0.15) is 9.78 Å². The van der Waals surface area contributed by atoms with Crippen molar-refractivity contribution >= 4 is 23.5 Å². The zero-order chi connectivity index (χ0) is 21.1. The van der Waals surface area contributed by atoms with Gasteiger partial charge >= 0.3 is 5.97 Å². The fraction of sp³-hybridized carbons (Fsp3) is 0.409. The molecule has 30 heavy (non-hydrogen) atoms. The van der Waals surface area contributed by atoms with Crippen molar-refractivity contribution < 1.29 is 19.7 Å². The Labute approximate surface area is 181 Å². The number of amides is 1. The summed E-state index contributed by atoms with van der Waals surface area (Å²) in [7, 11) is 0. The van der Waals surface area contributed by atoms with Crippen LogP contribution in [0.2, 0.25) is 0 Å². The molecule has 2 aromatic rings. The van der Waals surface area contributed by atoms with Gasteiger partial charge in [0.25, 0.3) is 5.91 Å². The van der Waals surface area contributed by atoms with Crippen molar-refractivity contribution in [2.24, 2.45) is 0 Å². The fourth-order valence-electron chi connectivity index (χ4n) is 3.75. The summed E-state index contributed by atoms with van der Waals surface area (Å²) in [5, 5.41) is 13.4. The van der Waals surface area contributed by atoms with Crippen molar-refractivity contribution in [3.05, 3.63) is 60.2 Å². The van der Waals surface area contributed by atoms with Crippen molar-refractivity contribution in [1.82, 2.24) is 9.62 Å². The quantitative estimate of drug-likeness (QED) is 0.379. The van der Waals surface area contributed by atoms with Crippen molar-refractivity contribution in [2.75, 3.05) is 18.0 Å².